The highest BCUT2D eigenvalue weighted by atomic mass is 16.5. The van der Waals surface area contributed by atoms with Crippen LogP contribution >= 0.6 is 0 Å². The summed E-state index contributed by atoms with van der Waals surface area (Å²) in [4.78, 5) is 11.2. The molecule has 2 N–H and O–H groups in total. The fourth-order valence-corrected chi connectivity index (χ4v) is 2.60. The summed E-state index contributed by atoms with van der Waals surface area (Å²) in [7, 11) is 3.17. The molecule has 2 aromatic carbocycles. The molecule has 0 bridgehead atoms. The van der Waals surface area contributed by atoms with E-state index in [2.05, 4.69) is 5.10 Å². The average molecular weight is 349 g/mol. The highest BCUT2D eigenvalue weighted by Crippen LogP contribution is 2.33. The molecule has 0 atom stereocenters. The number of nitrogens with two attached hydrogens (primary N) is 1. The molecule has 0 unspecified atom stereocenters. The molecule has 1 amide bonds. The second-order valence-electron chi connectivity index (χ2n) is 5.52. The van der Waals surface area contributed by atoms with Crippen molar-refractivity contribution < 1.29 is 14.3 Å². The quantitative estimate of drug-likeness (QED) is 0.694. The number of hydrogen-bond donors (Lipinski definition) is 1. The third-order valence-corrected chi connectivity index (χ3v) is 3.85. The van der Waals surface area contributed by atoms with Crippen LogP contribution in [0.25, 0.3) is 23.0 Å². The predicted octanol–water partition coefficient (Wildman–Crippen LogP) is 3.06. The number of amides is 1. The summed E-state index contributed by atoms with van der Waals surface area (Å²) >= 11 is 0. The standard InChI is InChI=1S/C20H19N3O3/c1-25-17-10-8-14(12-18(17)26-2)20-15(9-11-19(21)24)13-23(22-20)16-6-4-3-5-7-16/h3-13H,1-2H3,(H2,21,24). The molecule has 1 heterocycles. The topological polar surface area (TPSA) is 79.4 Å². The number of hydrogen-bond acceptors (Lipinski definition) is 4. The minimum absolute atomic E-state index is 0.518. The fourth-order valence-electron chi connectivity index (χ4n) is 2.60. The molecule has 0 saturated carbocycles. The Hall–Kier alpha value is -3.54. The first-order valence-electron chi connectivity index (χ1n) is 7.97. The zero-order valence-electron chi connectivity index (χ0n) is 14.5. The van der Waals surface area contributed by atoms with Crippen molar-refractivity contribution in [3.63, 3.8) is 0 Å². The Morgan fingerprint density at radius 1 is 1.08 bits per heavy atom. The molecule has 0 saturated heterocycles. The van der Waals surface area contributed by atoms with E-state index in [0.717, 1.165) is 16.8 Å². The van der Waals surface area contributed by atoms with Crippen LogP contribution in [0.5, 0.6) is 11.5 Å². The van der Waals surface area contributed by atoms with Gasteiger partial charge in [0.25, 0.3) is 0 Å². The molecule has 0 spiro atoms. The number of methoxy groups -OCH3 is 2. The Kier molecular flexibility index (Phi) is 5.03. The van der Waals surface area contributed by atoms with Gasteiger partial charge in [0.15, 0.2) is 11.5 Å². The van der Waals surface area contributed by atoms with Gasteiger partial charge in [0.2, 0.25) is 5.91 Å². The Labute approximate surface area is 151 Å². The molecule has 132 valence electrons. The maximum absolute atomic E-state index is 11.2. The molecule has 0 aliphatic rings. The van der Waals surface area contributed by atoms with Gasteiger partial charge in [-0.05, 0) is 36.4 Å². The van der Waals surface area contributed by atoms with Crippen LogP contribution in [-0.4, -0.2) is 29.9 Å². The SMILES string of the molecule is COc1ccc(-c2nn(-c3ccccc3)cc2C=CC(N)=O)cc1OC. The van der Waals surface area contributed by atoms with Crippen molar-refractivity contribution in [1.82, 2.24) is 9.78 Å². The third kappa shape index (κ3) is 3.59. The van der Waals surface area contributed by atoms with Gasteiger partial charge in [-0.1, -0.05) is 18.2 Å². The molecule has 0 aliphatic carbocycles. The lowest BCUT2D eigenvalue weighted by molar-refractivity contribution is -0.113. The summed E-state index contributed by atoms with van der Waals surface area (Å²) in [5.74, 6) is 0.716. The Morgan fingerprint density at radius 3 is 2.46 bits per heavy atom. The number of aromatic nitrogens is 2. The number of para-hydroxylation sites is 1. The lowest BCUT2D eigenvalue weighted by Crippen LogP contribution is -2.05. The zero-order chi connectivity index (χ0) is 18.5. The number of ether oxygens (including phenoxy) is 2. The Balaban J connectivity index is 2.13. The summed E-state index contributed by atoms with van der Waals surface area (Å²) in [5.41, 5.74) is 8.45. The van der Waals surface area contributed by atoms with Gasteiger partial charge in [-0.2, -0.15) is 5.10 Å². The van der Waals surface area contributed by atoms with Crippen molar-refractivity contribution >= 4 is 12.0 Å². The van der Waals surface area contributed by atoms with Crippen molar-refractivity contribution in [2.24, 2.45) is 5.73 Å². The second-order valence-corrected chi connectivity index (χ2v) is 5.52. The first kappa shape index (κ1) is 17.3. The highest BCUT2D eigenvalue weighted by Gasteiger charge is 2.13. The van der Waals surface area contributed by atoms with E-state index in [4.69, 9.17) is 15.2 Å². The lowest BCUT2D eigenvalue weighted by Gasteiger charge is -2.09. The number of rotatable bonds is 6. The zero-order valence-corrected chi connectivity index (χ0v) is 14.5. The van der Waals surface area contributed by atoms with Crippen LogP contribution in [0.4, 0.5) is 0 Å². The van der Waals surface area contributed by atoms with E-state index in [-0.39, 0.29) is 0 Å². The van der Waals surface area contributed by atoms with Gasteiger partial charge in [0, 0.05) is 23.4 Å². The Morgan fingerprint density at radius 2 is 1.81 bits per heavy atom. The molecule has 6 nitrogen and oxygen atoms in total. The molecule has 0 aliphatic heterocycles. The molecule has 3 aromatic rings. The molecular weight excluding hydrogens is 330 g/mol. The van der Waals surface area contributed by atoms with Crippen molar-refractivity contribution in [2.45, 2.75) is 0 Å². The smallest absolute Gasteiger partial charge is 0.241 e. The summed E-state index contributed by atoms with van der Waals surface area (Å²) in [6, 6.07) is 15.3. The first-order valence-corrected chi connectivity index (χ1v) is 7.97. The van der Waals surface area contributed by atoms with E-state index in [1.165, 1.54) is 6.08 Å². The lowest BCUT2D eigenvalue weighted by atomic mass is 10.1. The molecule has 26 heavy (non-hydrogen) atoms. The van der Waals surface area contributed by atoms with E-state index in [1.807, 2.05) is 54.7 Å². The number of primary amides is 1. The monoisotopic (exact) mass is 349 g/mol. The number of nitrogens with zero attached hydrogens (tertiary/aromatic N) is 2. The van der Waals surface area contributed by atoms with E-state index < -0.39 is 5.91 Å². The van der Waals surface area contributed by atoms with E-state index in [1.54, 1.807) is 25.0 Å². The number of carbonyl (C=O) groups excluding carboxylic acids is 1. The molecular formula is C20H19N3O3. The van der Waals surface area contributed by atoms with Crippen LogP contribution in [-0.2, 0) is 4.79 Å². The normalized spacial score (nSPS) is 10.8. The van der Waals surface area contributed by atoms with E-state index in [9.17, 15) is 4.79 Å². The number of benzene rings is 2. The summed E-state index contributed by atoms with van der Waals surface area (Å²) in [6.45, 7) is 0. The van der Waals surface area contributed by atoms with Crippen LogP contribution in [0.1, 0.15) is 5.56 Å². The largest absolute Gasteiger partial charge is 0.493 e. The van der Waals surface area contributed by atoms with Crippen LogP contribution in [0.2, 0.25) is 0 Å². The van der Waals surface area contributed by atoms with E-state index >= 15 is 0 Å². The average Bonchev–Trinajstić information content (AvgIpc) is 3.10. The van der Waals surface area contributed by atoms with Crippen molar-refractivity contribution in [3.05, 3.63) is 66.4 Å². The van der Waals surface area contributed by atoms with E-state index in [0.29, 0.717) is 17.2 Å². The molecule has 3 rings (SSSR count). The van der Waals surface area contributed by atoms with Crippen LogP contribution in [0.15, 0.2) is 60.8 Å². The molecule has 0 radical (unpaired) electrons. The van der Waals surface area contributed by atoms with Gasteiger partial charge >= 0.3 is 0 Å². The fraction of sp³-hybridized carbons (Fsp3) is 0.100. The summed E-state index contributed by atoms with van der Waals surface area (Å²) in [5, 5.41) is 4.68. The summed E-state index contributed by atoms with van der Waals surface area (Å²) < 4.78 is 12.4. The van der Waals surface area contributed by atoms with Gasteiger partial charge in [0.1, 0.15) is 5.69 Å². The first-order chi connectivity index (χ1) is 12.6. The predicted molar refractivity (Wildman–Crippen MR) is 100 cm³/mol. The van der Waals surface area contributed by atoms with Gasteiger partial charge in [0.05, 0.1) is 19.9 Å². The molecule has 6 heteroatoms. The Bertz CT molecular complexity index is 946. The molecule has 0 fully saturated rings. The van der Waals surface area contributed by atoms with Crippen molar-refractivity contribution in [1.29, 1.82) is 0 Å². The number of carbonyl (C=O) groups is 1. The highest BCUT2D eigenvalue weighted by molar-refractivity contribution is 5.91. The second kappa shape index (κ2) is 7.57. The third-order valence-electron chi connectivity index (χ3n) is 3.85. The minimum Gasteiger partial charge on any atom is -0.493 e. The van der Waals surface area contributed by atoms with Crippen LogP contribution < -0.4 is 15.2 Å². The van der Waals surface area contributed by atoms with Crippen LogP contribution in [0.3, 0.4) is 0 Å². The van der Waals surface area contributed by atoms with Gasteiger partial charge in [-0.15, -0.1) is 0 Å². The minimum atomic E-state index is -0.518. The maximum Gasteiger partial charge on any atom is 0.241 e. The van der Waals surface area contributed by atoms with Crippen LogP contribution in [0, 0.1) is 0 Å². The van der Waals surface area contributed by atoms with Gasteiger partial charge < -0.3 is 15.2 Å². The van der Waals surface area contributed by atoms with Gasteiger partial charge in [-0.25, -0.2) is 4.68 Å². The van der Waals surface area contributed by atoms with Gasteiger partial charge in [-0.3, -0.25) is 4.79 Å². The molecule has 1 aromatic heterocycles. The van der Waals surface area contributed by atoms with Crippen molar-refractivity contribution in [3.8, 4) is 28.4 Å². The maximum atomic E-state index is 11.2. The summed E-state index contributed by atoms with van der Waals surface area (Å²) in [6.07, 6.45) is 4.82. The van der Waals surface area contributed by atoms with Crippen molar-refractivity contribution in [2.75, 3.05) is 14.2 Å².